The Morgan fingerprint density at radius 2 is 0.469 bits per heavy atom. The fourth-order valence-electron chi connectivity index (χ4n) is 12.1. The molecule has 3 N–H and O–H groups in total. The molecule has 0 aromatic rings. The quantitative estimate of drug-likeness (QED) is 0.0222. The fourth-order valence-corrected chi connectivity index (χ4v) is 13.7. The number of hydrogen-bond acceptors (Lipinski definition) is 15. The van der Waals surface area contributed by atoms with Gasteiger partial charge in [-0.25, -0.2) is 9.13 Å². The average Bonchev–Trinajstić information content (AvgIpc) is 0.955. The molecular formula is C79H154O17P2. The third-order valence-corrected chi connectivity index (χ3v) is 20.3. The van der Waals surface area contributed by atoms with E-state index >= 15 is 0 Å². The number of aliphatic hydroxyl groups excluding tert-OH is 1. The standard InChI is InChI=1S/C79H154O17P2/c1-8-9-10-11-12-13-14-15-16-17-18-19-20-21-22-23-24-29-34-39-48-55-62-78(83)95-74(66-89-76(81)60-53-46-38-33-28-26-25-27-31-36-43-50-57-70(2)3)68-93-97(85,86)91-64-73(80)65-92-98(87,88)94-69-75(67-90-77(82)61-54-47-42-41-45-52-59-72(6)7)96-79(84)63-56-49-40-35-30-32-37-44-51-58-71(4)5/h70-75,80H,8-69H2,1-7H3,(H,85,86)(H,87,88)/t73-,74-,75-/m1/s1. The number of phosphoric acid groups is 2. The Morgan fingerprint density at radius 1 is 0.276 bits per heavy atom. The summed E-state index contributed by atoms with van der Waals surface area (Å²) in [6.07, 6.45) is 57.3. The monoisotopic (exact) mass is 1440 g/mol. The van der Waals surface area contributed by atoms with Crippen LogP contribution in [0.1, 0.15) is 408 Å². The highest BCUT2D eigenvalue weighted by molar-refractivity contribution is 7.47. The van der Waals surface area contributed by atoms with Crippen LogP contribution in [0.2, 0.25) is 0 Å². The first-order chi connectivity index (χ1) is 47.2. The van der Waals surface area contributed by atoms with Crippen LogP contribution in [0.25, 0.3) is 0 Å². The van der Waals surface area contributed by atoms with E-state index in [0.29, 0.717) is 31.6 Å². The molecule has 0 aliphatic heterocycles. The van der Waals surface area contributed by atoms with Crippen molar-refractivity contribution in [2.75, 3.05) is 39.6 Å². The lowest BCUT2D eigenvalue weighted by Crippen LogP contribution is -2.30. The van der Waals surface area contributed by atoms with Gasteiger partial charge in [0.05, 0.1) is 26.4 Å². The van der Waals surface area contributed by atoms with E-state index in [-0.39, 0.29) is 25.7 Å². The van der Waals surface area contributed by atoms with Crippen LogP contribution >= 0.6 is 15.6 Å². The van der Waals surface area contributed by atoms with Crippen molar-refractivity contribution in [2.45, 2.75) is 426 Å². The van der Waals surface area contributed by atoms with E-state index < -0.39 is 97.5 Å². The highest BCUT2D eigenvalue weighted by atomic mass is 31.2. The highest BCUT2D eigenvalue weighted by Crippen LogP contribution is 2.45. The minimum atomic E-state index is -4.96. The van der Waals surface area contributed by atoms with Gasteiger partial charge in [-0.05, 0) is 43.4 Å². The Balaban J connectivity index is 5.19. The van der Waals surface area contributed by atoms with Gasteiger partial charge in [0.1, 0.15) is 19.3 Å². The van der Waals surface area contributed by atoms with Crippen LogP contribution in [-0.4, -0.2) is 96.7 Å². The number of esters is 4. The minimum absolute atomic E-state index is 0.104. The molecule has 0 aliphatic rings. The molecule has 0 fully saturated rings. The van der Waals surface area contributed by atoms with Crippen molar-refractivity contribution in [3.05, 3.63) is 0 Å². The van der Waals surface area contributed by atoms with Crippen LogP contribution in [0.5, 0.6) is 0 Å². The fraction of sp³-hybridized carbons (Fsp3) is 0.949. The van der Waals surface area contributed by atoms with E-state index in [9.17, 15) is 43.2 Å². The van der Waals surface area contributed by atoms with Crippen LogP contribution in [0.4, 0.5) is 0 Å². The van der Waals surface area contributed by atoms with Crippen LogP contribution in [-0.2, 0) is 65.4 Å². The van der Waals surface area contributed by atoms with E-state index in [0.717, 1.165) is 108 Å². The minimum Gasteiger partial charge on any atom is -0.462 e. The number of ether oxygens (including phenoxy) is 4. The highest BCUT2D eigenvalue weighted by Gasteiger charge is 2.30. The van der Waals surface area contributed by atoms with Gasteiger partial charge in [0, 0.05) is 25.7 Å². The SMILES string of the molecule is CCCCCCCCCCCCCCCCCCCCCCCCC(=O)O[C@H](COC(=O)CCCCCCCCCCCCCCC(C)C)COP(=O)(O)OC[C@@H](O)COP(=O)(O)OC[C@@H](COC(=O)CCCCCCCCC(C)C)OC(=O)CCCCCCCCCCCC(C)C. The molecule has 0 heterocycles. The van der Waals surface area contributed by atoms with Gasteiger partial charge in [-0.1, -0.05) is 357 Å². The normalized spacial score (nSPS) is 14.0. The lowest BCUT2D eigenvalue weighted by atomic mass is 10.0. The molecule has 0 aromatic carbocycles. The molecule has 19 heteroatoms. The number of carbonyl (C=O) groups is 4. The number of carbonyl (C=O) groups excluding carboxylic acids is 4. The summed E-state index contributed by atoms with van der Waals surface area (Å²) >= 11 is 0. The van der Waals surface area contributed by atoms with Crippen molar-refractivity contribution in [3.8, 4) is 0 Å². The Kier molecular flexibility index (Phi) is 68.1. The Labute approximate surface area is 600 Å². The zero-order chi connectivity index (χ0) is 72.3. The Morgan fingerprint density at radius 3 is 0.694 bits per heavy atom. The summed E-state index contributed by atoms with van der Waals surface area (Å²) in [5.74, 6) is 0.0788. The van der Waals surface area contributed by atoms with E-state index in [1.165, 1.54) is 212 Å². The first-order valence-corrected chi connectivity index (χ1v) is 43.8. The molecule has 0 amide bonds. The summed E-state index contributed by atoms with van der Waals surface area (Å²) in [4.78, 5) is 72.8. The summed E-state index contributed by atoms with van der Waals surface area (Å²) in [5.41, 5.74) is 0. The zero-order valence-corrected chi connectivity index (χ0v) is 66.0. The van der Waals surface area contributed by atoms with Crippen LogP contribution < -0.4 is 0 Å². The summed E-state index contributed by atoms with van der Waals surface area (Å²) in [6.45, 7) is 11.8. The number of unbranched alkanes of at least 4 members (excludes halogenated alkanes) is 45. The molecule has 0 spiro atoms. The second kappa shape index (κ2) is 69.4. The molecule has 98 heavy (non-hydrogen) atoms. The summed E-state index contributed by atoms with van der Waals surface area (Å²) < 4.78 is 68.6. The van der Waals surface area contributed by atoms with E-state index in [1.54, 1.807) is 0 Å². The topological polar surface area (TPSA) is 237 Å². The van der Waals surface area contributed by atoms with Gasteiger partial charge in [-0.15, -0.1) is 0 Å². The second-order valence-electron chi connectivity index (χ2n) is 29.9. The first-order valence-electron chi connectivity index (χ1n) is 40.8. The third-order valence-electron chi connectivity index (χ3n) is 18.4. The largest absolute Gasteiger partial charge is 0.472 e. The van der Waals surface area contributed by atoms with Crippen molar-refractivity contribution in [1.29, 1.82) is 0 Å². The van der Waals surface area contributed by atoms with Gasteiger partial charge in [-0.2, -0.15) is 0 Å². The Hall–Kier alpha value is -1.94. The number of rotatable bonds is 77. The first kappa shape index (κ1) is 96.1. The second-order valence-corrected chi connectivity index (χ2v) is 32.8. The van der Waals surface area contributed by atoms with Crippen molar-refractivity contribution >= 4 is 39.5 Å². The summed E-state index contributed by atoms with van der Waals surface area (Å²) in [6, 6.07) is 0. The van der Waals surface area contributed by atoms with Crippen molar-refractivity contribution in [3.63, 3.8) is 0 Å². The maximum atomic E-state index is 13.1. The predicted molar refractivity (Wildman–Crippen MR) is 400 cm³/mol. The molecular weight excluding hydrogens is 1280 g/mol. The summed E-state index contributed by atoms with van der Waals surface area (Å²) in [7, 11) is -9.91. The number of phosphoric ester groups is 2. The van der Waals surface area contributed by atoms with Crippen molar-refractivity contribution in [1.82, 2.24) is 0 Å². The molecule has 0 aliphatic carbocycles. The van der Waals surface area contributed by atoms with Gasteiger partial charge < -0.3 is 33.8 Å². The molecule has 0 aromatic heterocycles. The maximum absolute atomic E-state index is 13.1. The number of hydrogen-bond donors (Lipinski definition) is 3. The molecule has 0 bridgehead atoms. The number of aliphatic hydroxyl groups is 1. The van der Waals surface area contributed by atoms with Gasteiger partial charge in [0.2, 0.25) is 0 Å². The van der Waals surface area contributed by atoms with Crippen LogP contribution in [0.3, 0.4) is 0 Å². The van der Waals surface area contributed by atoms with E-state index in [2.05, 4.69) is 48.5 Å². The molecule has 2 unspecified atom stereocenters. The molecule has 0 rings (SSSR count). The molecule has 17 nitrogen and oxygen atoms in total. The van der Waals surface area contributed by atoms with Crippen molar-refractivity contribution < 1.29 is 80.2 Å². The molecule has 0 saturated carbocycles. The molecule has 582 valence electrons. The maximum Gasteiger partial charge on any atom is 0.472 e. The Bertz CT molecular complexity index is 1900. The van der Waals surface area contributed by atoms with E-state index in [4.69, 9.17) is 37.0 Å². The lowest BCUT2D eigenvalue weighted by Gasteiger charge is -2.21. The third kappa shape index (κ3) is 72.4. The average molecular weight is 1440 g/mol. The smallest absolute Gasteiger partial charge is 0.462 e. The van der Waals surface area contributed by atoms with Crippen molar-refractivity contribution in [2.24, 2.45) is 17.8 Å². The van der Waals surface area contributed by atoms with Crippen LogP contribution in [0, 0.1) is 17.8 Å². The van der Waals surface area contributed by atoms with Gasteiger partial charge >= 0.3 is 39.5 Å². The molecule has 0 radical (unpaired) electrons. The molecule has 0 saturated heterocycles. The van der Waals surface area contributed by atoms with Gasteiger partial charge in [0.25, 0.3) is 0 Å². The zero-order valence-electron chi connectivity index (χ0n) is 64.3. The van der Waals surface area contributed by atoms with Crippen LogP contribution in [0.15, 0.2) is 0 Å². The summed E-state index contributed by atoms with van der Waals surface area (Å²) in [5, 5.41) is 10.6. The predicted octanol–water partition coefficient (Wildman–Crippen LogP) is 23.4. The van der Waals surface area contributed by atoms with E-state index in [1.807, 2.05) is 0 Å². The molecule has 5 atom stereocenters. The van der Waals surface area contributed by atoms with Gasteiger partial charge in [-0.3, -0.25) is 37.3 Å². The van der Waals surface area contributed by atoms with Gasteiger partial charge in [0.15, 0.2) is 12.2 Å². The lowest BCUT2D eigenvalue weighted by molar-refractivity contribution is -0.161.